The van der Waals surface area contributed by atoms with Crippen molar-refractivity contribution in [2.75, 3.05) is 5.32 Å². The number of rotatable bonds is 4. The van der Waals surface area contributed by atoms with Crippen LogP contribution in [0.25, 0.3) is 0 Å². The molecule has 0 aliphatic rings. The van der Waals surface area contributed by atoms with Crippen LogP contribution in [0.5, 0.6) is 0 Å². The van der Waals surface area contributed by atoms with Gasteiger partial charge in [-0.15, -0.1) is 0 Å². The van der Waals surface area contributed by atoms with Crippen LogP contribution in [0, 0.1) is 20.8 Å². The highest BCUT2D eigenvalue weighted by Crippen LogP contribution is 2.23. The molecule has 90 valence electrons. The second-order valence-electron chi connectivity index (χ2n) is 4.90. The molecule has 2 unspecified atom stereocenters. The Kier molecular flexibility index (Phi) is 4.36. The van der Waals surface area contributed by atoms with Gasteiger partial charge in [0.15, 0.2) is 0 Å². The minimum absolute atomic E-state index is 0.256. The Hall–Kier alpha value is -1.02. The minimum Gasteiger partial charge on any atom is -0.393 e. The normalized spacial score (nSPS) is 14.6. The van der Waals surface area contributed by atoms with Gasteiger partial charge in [-0.05, 0) is 52.2 Å². The molecule has 0 aromatic heterocycles. The molecule has 2 N–H and O–H groups in total. The highest BCUT2D eigenvalue weighted by molar-refractivity contribution is 5.58. The predicted octanol–water partition coefficient (Wildman–Crippen LogP) is 3.18. The van der Waals surface area contributed by atoms with E-state index in [-0.39, 0.29) is 6.10 Å². The molecule has 0 aliphatic heterocycles. The second kappa shape index (κ2) is 5.35. The maximum atomic E-state index is 9.34. The lowest BCUT2D eigenvalue weighted by atomic mass is 10.0. The van der Waals surface area contributed by atoms with Crippen molar-refractivity contribution in [3.8, 4) is 0 Å². The third kappa shape index (κ3) is 3.53. The summed E-state index contributed by atoms with van der Waals surface area (Å²) in [6, 6.07) is 4.66. The van der Waals surface area contributed by atoms with E-state index in [2.05, 4.69) is 45.1 Å². The Bertz CT molecular complexity index is 335. The van der Waals surface area contributed by atoms with E-state index in [9.17, 15) is 5.11 Å². The summed E-state index contributed by atoms with van der Waals surface area (Å²) in [4.78, 5) is 0. The monoisotopic (exact) mass is 221 g/mol. The molecule has 0 heterocycles. The van der Waals surface area contributed by atoms with Crippen molar-refractivity contribution < 1.29 is 5.11 Å². The molecule has 1 rings (SSSR count). The Morgan fingerprint density at radius 1 is 1.12 bits per heavy atom. The zero-order chi connectivity index (χ0) is 12.3. The zero-order valence-electron chi connectivity index (χ0n) is 11.0. The van der Waals surface area contributed by atoms with E-state index >= 15 is 0 Å². The van der Waals surface area contributed by atoms with Gasteiger partial charge >= 0.3 is 0 Å². The van der Waals surface area contributed by atoms with Crippen LogP contribution in [-0.2, 0) is 0 Å². The van der Waals surface area contributed by atoms with Crippen LogP contribution in [0.2, 0.25) is 0 Å². The first-order chi connectivity index (χ1) is 7.40. The number of aryl methyl sites for hydroxylation is 3. The van der Waals surface area contributed by atoms with Crippen LogP contribution in [0.1, 0.15) is 37.0 Å². The molecule has 0 spiro atoms. The molecule has 1 aromatic rings. The topological polar surface area (TPSA) is 32.3 Å². The number of benzene rings is 1. The van der Waals surface area contributed by atoms with Gasteiger partial charge in [0.05, 0.1) is 6.10 Å². The molecule has 2 heteroatoms. The van der Waals surface area contributed by atoms with Crippen molar-refractivity contribution in [1.29, 1.82) is 0 Å². The largest absolute Gasteiger partial charge is 0.393 e. The first-order valence-electron chi connectivity index (χ1n) is 5.92. The van der Waals surface area contributed by atoms with Crippen molar-refractivity contribution in [2.45, 2.75) is 53.2 Å². The molecule has 0 fully saturated rings. The lowest BCUT2D eigenvalue weighted by Crippen LogP contribution is -2.21. The average Bonchev–Trinajstić information content (AvgIpc) is 2.09. The summed E-state index contributed by atoms with van der Waals surface area (Å²) in [5.74, 6) is 0. The number of hydrogen-bond acceptors (Lipinski definition) is 2. The SMILES string of the molecule is Cc1cc(C)c(NC(C)CC(C)O)c(C)c1. The van der Waals surface area contributed by atoms with Crippen LogP contribution < -0.4 is 5.32 Å². The number of nitrogens with one attached hydrogen (secondary N) is 1. The molecule has 2 nitrogen and oxygen atoms in total. The van der Waals surface area contributed by atoms with Crippen LogP contribution in [-0.4, -0.2) is 17.3 Å². The molecule has 16 heavy (non-hydrogen) atoms. The highest BCUT2D eigenvalue weighted by atomic mass is 16.3. The maximum absolute atomic E-state index is 9.34. The van der Waals surface area contributed by atoms with Gasteiger partial charge in [0.2, 0.25) is 0 Å². The average molecular weight is 221 g/mol. The number of aliphatic hydroxyl groups excluding tert-OH is 1. The smallest absolute Gasteiger partial charge is 0.0531 e. The number of anilines is 1. The summed E-state index contributed by atoms with van der Waals surface area (Å²) in [6.07, 6.45) is 0.515. The lowest BCUT2D eigenvalue weighted by molar-refractivity contribution is 0.179. The van der Waals surface area contributed by atoms with Gasteiger partial charge in [-0.3, -0.25) is 0 Å². The molecular formula is C14H23NO. The quantitative estimate of drug-likeness (QED) is 0.818. The Morgan fingerprint density at radius 3 is 2.06 bits per heavy atom. The van der Waals surface area contributed by atoms with E-state index in [1.807, 2.05) is 6.92 Å². The van der Waals surface area contributed by atoms with E-state index in [4.69, 9.17) is 0 Å². The van der Waals surface area contributed by atoms with Gasteiger partial charge in [0.1, 0.15) is 0 Å². The Labute approximate surface area is 98.7 Å². The summed E-state index contributed by atoms with van der Waals surface area (Å²) in [6.45, 7) is 10.3. The standard InChI is InChI=1S/C14H23NO/c1-9-6-10(2)14(11(3)7-9)15-12(4)8-13(5)16/h6-7,12-13,15-16H,8H2,1-5H3. The zero-order valence-corrected chi connectivity index (χ0v) is 11.0. The third-order valence-corrected chi connectivity index (χ3v) is 2.76. The highest BCUT2D eigenvalue weighted by Gasteiger charge is 2.09. The second-order valence-corrected chi connectivity index (χ2v) is 4.90. The van der Waals surface area contributed by atoms with Crippen LogP contribution in [0.4, 0.5) is 5.69 Å². The van der Waals surface area contributed by atoms with E-state index < -0.39 is 0 Å². The first-order valence-corrected chi connectivity index (χ1v) is 5.92. The molecule has 0 saturated heterocycles. The van der Waals surface area contributed by atoms with E-state index in [1.54, 1.807) is 0 Å². The summed E-state index contributed by atoms with van der Waals surface area (Å²) < 4.78 is 0. The van der Waals surface area contributed by atoms with Gasteiger partial charge in [0.25, 0.3) is 0 Å². The third-order valence-electron chi connectivity index (χ3n) is 2.76. The Balaban J connectivity index is 2.81. The van der Waals surface area contributed by atoms with E-state index in [0.717, 1.165) is 6.42 Å². The van der Waals surface area contributed by atoms with E-state index in [1.165, 1.54) is 22.4 Å². The van der Waals surface area contributed by atoms with Gasteiger partial charge in [-0.1, -0.05) is 17.7 Å². The fourth-order valence-corrected chi connectivity index (χ4v) is 2.22. The van der Waals surface area contributed by atoms with E-state index in [0.29, 0.717) is 6.04 Å². The summed E-state index contributed by atoms with van der Waals surface area (Å²) in [5.41, 5.74) is 5.05. The fraction of sp³-hybridized carbons (Fsp3) is 0.571. The van der Waals surface area contributed by atoms with Crippen molar-refractivity contribution >= 4 is 5.69 Å². The van der Waals surface area contributed by atoms with Crippen LogP contribution in [0.15, 0.2) is 12.1 Å². The van der Waals surface area contributed by atoms with Gasteiger partial charge in [-0.2, -0.15) is 0 Å². The summed E-state index contributed by atoms with van der Waals surface area (Å²) >= 11 is 0. The van der Waals surface area contributed by atoms with Gasteiger partial charge in [0, 0.05) is 11.7 Å². The van der Waals surface area contributed by atoms with Crippen molar-refractivity contribution in [2.24, 2.45) is 0 Å². The summed E-state index contributed by atoms with van der Waals surface area (Å²) in [7, 11) is 0. The molecular weight excluding hydrogens is 198 g/mol. The maximum Gasteiger partial charge on any atom is 0.0531 e. The first kappa shape index (κ1) is 13.0. The molecule has 0 saturated carbocycles. The molecule has 2 atom stereocenters. The lowest BCUT2D eigenvalue weighted by Gasteiger charge is -2.20. The van der Waals surface area contributed by atoms with Crippen molar-refractivity contribution in [1.82, 2.24) is 0 Å². The molecule has 0 aliphatic carbocycles. The van der Waals surface area contributed by atoms with Crippen LogP contribution >= 0.6 is 0 Å². The van der Waals surface area contributed by atoms with Crippen molar-refractivity contribution in [3.05, 3.63) is 28.8 Å². The summed E-state index contributed by atoms with van der Waals surface area (Å²) in [5, 5.41) is 12.8. The molecule has 0 amide bonds. The fourth-order valence-electron chi connectivity index (χ4n) is 2.22. The predicted molar refractivity (Wildman–Crippen MR) is 70.0 cm³/mol. The van der Waals surface area contributed by atoms with Crippen LogP contribution in [0.3, 0.4) is 0 Å². The number of hydrogen-bond donors (Lipinski definition) is 2. The number of aliphatic hydroxyl groups is 1. The van der Waals surface area contributed by atoms with Crippen molar-refractivity contribution in [3.63, 3.8) is 0 Å². The minimum atomic E-state index is -0.256. The Morgan fingerprint density at radius 2 is 1.62 bits per heavy atom. The van der Waals surface area contributed by atoms with Gasteiger partial charge in [-0.25, -0.2) is 0 Å². The van der Waals surface area contributed by atoms with Gasteiger partial charge < -0.3 is 10.4 Å². The molecule has 0 bridgehead atoms. The molecule has 1 aromatic carbocycles. The molecule has 0 radical (unpaired) electrons.